The van der Waals surface area contributed by atoms with Crippen molar-refractivity contribution in [2.75, 3.05) is 18.0 Å². The molecule has 2 fully saturated rings. The summed E-state index contributed by atoms with van der Waals surface area (Å²) in [6, 6.07) is 9.09. The van der Waals surface area contributed by atoms with Crippen molar-refractivity contribution in [3.8, 4) is 11.3 Å². The molecule has 3 aromatic rings. The number of aromatic nitrogens is 2. The molecule has 34 heavy (non-hydrogen) atoms. The normalized spacial score (nSPS) is 16.9. The number of carbonyl (C=O) groups is 1. The van der Waals surface area contributed by atoms with Gasteiger partial charge in [-0.15, -0.1) is 0 Å². The van der Waals surface area contributed by atoms with E-state index >= 15 is 0 Å². The monoisotopic (exact) mass is 497 g/mol. The number of halogens is 2. The number of rotatable bonds is 7. The fourth-order valence-electron chi connectivity index (χ4n) is 4.49. The largest absolute Gasteiger partial charge is 0.481 e. The van der Waals surface area contributed by atoms with E-state index in [0.717, 1.165) is 61.5 Å². The third kappa shape index (κ3) is 4.98. The van der Waals surface area contributed by atoms with Crippen LogP contribution in [0.15, 0.2) is 47.1 Å². The second kappa shape index (κ2) is 9.80. The van der Waals surface area contributed by atoms with Gasteiger partial charge in [-0.3, -0.25) is 4.79 Å². The summed E-state index contributed by atoms with van der Waals surface area (Å²) in [5.74, 6) is 1.74. The van der Waals surface area contributed by atoms with E-state index in [4.69, 9.17) is 32.8 Å². The maximum Gasteiger partial charge on any atom is 0.307 e. The van der Waals surface area contributed by atoms with Gasteiger partial charge in [0, 0.05) is 36.3 Å². The minimum absolute atomic E-state index is 0.00850. The van der Waals surface area contributed by atoms with E-state index in [1.807, 2.05) is 24.3 Å². The number of hydrogen-bond acceptors (Lipinski definition) is 5. The van der Waals surface area contributed by atoms with Gasteiger partial charge >= 0.3 is 5.97 Å². The van der Waals surface area contributed by atoms with E-state index < -0.39 is 5.97 Å². The van der Waals surface area contributed by atoms with E-state index in [-0.39, 0.29) is 6.42 Å². The third-order valence-electron chi connectivity index (χ3n) is 6.47. The van der Waals surface area contributed by atoms with E-state index in [2.05, 4.69) is 27.2 Å². The number of hydrogen-bond donors (Lipinski definition) is 1. The lowest BCUT2D eigenvalue weighted by molar-refractivity contribution is -0.136. The van der Waals surface area contributed by atoms with Crippen LogP contribution in [0.2, 0.25) is 10.0 Å². The van der Waals surface area contributed by atoms with Gasteiger partial charge in [-0.25, -0.2) is 4.98 Å². The summed E-state index contributed by atoms with van der Waals surface area (Å²) in [6.45, 7) is 1.72. The molecular formula is C26H25Cl2N3O3. The minimum atomic E-state index is -0.835. The van der Waals surface area contributed by atoms with Crippen LogP contribution in [0.25, 0.3) is 17.3 Å². The van der Waals surface area contributed by atoms with Crippen LogP contribution in [0.5, 0.6) is 0 Å². The molecule has 3 heterocycles. The number of pyridine rings is 1. The van der Waals surface area contributed by atoms with Gasteiger partial charge in [0.2, 0.25) is 0 Å². The van der Waals surface area contributed by atoms with Crippen LogP contribution < -0.4 is 4.90 Å². The number of nitrogens with zero attached hydrogens (tertiary/aromatic N) is 3. The molecule has 1 saturated heterocycles. The zero-order valence-corrected chi connectivity index (χ0v) is 20.1. The Bertz CT molecular complexity index is 1210. The molecule has 1 aliphatic heterocycles. The van der Waals surface area contributed by atoms with Gasteiger partial charge in [0.25, 0.3) is 0 Å². The summed E-state index contributed by atoms with van der Waals surface area (Å²) in [5, 5.41) is 14.5. The second-order valence-electron chi connectivity index (χ2n) is 8.96. The van der Waals surface area contributed by atoms with Crippen molar-refractivity contribution in [2.24, 2.45) is 5.92 Å². The van der Waals surface area contributed by atoms with E-state index in [0.29, 0.717) is 33.1 Å². The zero-order chi connectivity index (χ0) is 23.7. The summed E-state index contributed by atoms with van der Waals surface area (Å²) in [7, 11) is 0. The number of carboxylic acid groups (broad SMARTS) is 1. The van der Waals surface area contributed by atoms with Gasteiger partial charge in [0.05, 0.1) is 16.5 Å². The van der Waals surface area contributed by atoms with Crippen molar-refractivity contribution in [1.29, 1.82) is 0 Å². The van der Waals surface area contributed by atoms with Gasteiger partial charge in [-0.05, 0) is 61.4 Å². The van der Waals surface area contributed by atoms with E-state index in [9.17, 15) is 4.79 Å². The van der Waals surface area contributed by atoms with Gasteiger partial charge in [-0.2, -0.15) is 0 Å². The third-order valence-corrected chi connectivity index (χ3v) is 7.10. The fourth-order valence-corrected chi connectivity index (χ4v) is 5.06. The topological polar surface area (TPSA) is 79.5 Å². The Kier molecular flexibility index (Phi) is 6.61. The molecule has 0 spiro atoms. The van der Waals surface area contributed by atoms with Crippen molar-refractivity contribution in [2.45, 2.75) is 38.0 Å². The SMILES string of the molecule is O=C(O)Cc1ccnc(N2CCC(/C=C/c3c(-c4c(Cl)cccc4Cl)noc3C3CC3)CC2)c1. The number of allylic oxidation sites excluding steroid dienone is 1. The Morgan fingerprint density at radius 2 is 1.88 bits per heavy atom. The number of anilines is 1. The summed E-state index contributed by atoms with van der Waals surface area (Å²) < 4.78 is 5.76. The molecule has 1 aliphatic carbocycles. The number of carboxylic acids is 1. The first-order chi connectivity index (χ1) is 16.5. The molecule has 0 radical (unpaired) electrons. The highest BCUT2D eigenvalue weighted by atomic mass is 35.5. The molecule has 6 nitrogen and oxygen atoms in total. The van der Waals surface area contributed by atoms with Crippen LogP contribution in [0.1, 0.15) is 48.5 Å². The zero-order valence-electron chi connectivity index (χ0n) is 18.6. The average molecular weight is 498 g/mol. The predicted molar refractivity (Wildman–Crippen MR) is 133 cm³/mol. The molecule has 1 aromatic carbocycles. The van der Waals surface area contributed by atoms with Crippen LogP contribution in [0, 0.1) is 5.92 Å². The molecule has 0 amide bonds. The Balaban J connectivity index is 1.32. The molecule has 2 aromatic heterocycles. The van der Waals surface area contributed by atoms with Crippen LogP contribution in [-0.4, -0.2) is 34.3 Å². The fraction of sp³-hybridized carbons (Fsp3) is 0.346. The number of piperidine rings is 1. The highest BCUT2D eigenvalue weighted by molar-refractivity contribution is 6.39. The first-order valence-electron chi connectivity index (χ1n) is 11.5. The van der Waals surface area contributed by atoms with Crippen LogP contribution in [0.3, 0.4) is 0 Å². The maximum absolute atomic E-state index is 11.0. The van der Waals surface area contributed by atoms with Crippen LogP contribution >= 0.6 is 23.2 Å². The summed E-state index contributed by atoms with van der Waals surface area (Å²) >= 11 is 12.9. The van der Waals surface area contributed by atoms with Crippen molar-refractivity contribution in [3.05, 3.63) is 69.5 Å². The lowest BCUT2D eigenvalue weighted by Crippen LogP contribution is -2.33. The van der Waals surface area contributed by atoms with Crippen LogP contribution in [0.4, 0.5) is 5.82 Å². The molecule has 0 atom stereocenters. The summed E-state index contributed by atoms with van der Waals surface area (Å²) in [4.78, 5) is 17.7. The van der Waals surface area contributed by atoms with Gasteiger partial charge < -0.3 is 14.5 Å². The van der Waals surface area contributed by atoms with Crippen molar-refractivity contribution < 1.29 is 14.4 Å². The first-order valence-corrected chi connectivity index (χ1v) is 12.3. The molecule has 0 bridgehead atoms. The Hall–Kier alpha value is -2.83. The number of benzene rings is 1. The van der Waals surface area contributed by atoms with Gasteiger partial charge in [-0.1, -0.05) is 46.6 Å². The highest BCUT2D eigenvalue weighted by Crippen LogP contribution is 2.46. The number of aliphatic carboxylic acids is 1. The lowest BCUT2D eigenvalue weighted by atomic mass is 9.94. The molecule has 5 rings (SSSR count). The standard InChI is InChI=1S/C26H25Cl2N3O3/c27-20-2-1-3-21(28)24(20)25-19(26(34-30-25)18-5-6-18)7-4-16-9-12-31(13-10-16)22-14-17(8-11-29-22)15-23(32)33/h1-4,7-8,11,14,16,18H,5-6,9-10,12-13,15H2,(H,32,33)/b7-4+. The molecule has 1 saturated carbocycles. The second-order valence-corrected chi connectivity index (χ2v) is 9.77. The lowest BCUT2D eigenvalue weighted by Gasteiger charge is -2.31. The molecule has 176 valence electrons. The van der Waals surface area contributed by atoms with Crippen molar-refractivity contribution >= 4 is 41.1 Å². The van der Waals surface area contributed by atoms with Crippen LogP contribution in [-0.2, 0) is 11.2 Å². The Morgan fingerprint density at radius 1 is 1.15 bits per heavy atom. The molecule has 1 N–H and O–H groups in total. The summed E-state index contributed by atoms with van der Waals surface area (Å²) in [6.07, 6.45) is 10.3. The van der Waals surface area contributed by atoms with Gasteiger partial charge in [0.1, 0.15) is 17.3 Å². The smallest absolute Gasteiger partial charge is 0.307 e. The Labute approximate surface area is 208 Å². The predicted octanol–water partition coefficient (Wildman–Crippen LogP) is 6.48. The van der Waals surface area contributed by atoms with Crippen molar-refractivity contribution in [1.82, 2.24) is 10.1 Å². The van der Waals surface area contributed by atoms with E-state index in [1.165, 1.54) is 0 Å². The van der Waals surface area contributed by atoms with Crippen molar-refractivity contribution in [3.63, 3.8) is 0 Å². The minimum Gasteiger partial charge on any atom is -0.481 e. The molecule has 0 unspecified atom stereocenters. The highest BCUT2D eigenvalue weighted by Gasteiger charge is 2.32. The molecule has 2 aliphatic rings. The molecular weight excluding hydrogens is 473 g/mol. The Morgan fingerprint density at radius 3 is 2.56 bits per heavy atom. The van der Waals surface area contributed by atoms with Gasteiger partial charge in [0.15, 0.2) is 0 Å². The first kappa shape index (κ1) is 22.9. The molecule has 8 heteroatoms. The summed E-state index contributed by atoms with van der Waals surface area (Å²) in [5.41, 5.74) is 3.15. The average Bonchev–Trinajstić information content (AvgIpc) is 3.58. The maximum atomic E-state index is 11.0. The quantitative estimate of drug-likeness (QED) is 0.402. The van der Waals surface area contributed by atoms with E-state index in [1.54, 1.807) is 12.3 Å².